The fourth-order valence-electron chi connectivity index (χ4n) is 5.12. The maximum atomic E-state index is 14.6. The first kappa shape index (κ1) is 40.6. The minimum absolute atomic E-state index is 0.212. The standard InChI is InChI=1S/C38H57N3O6S/c1-10-12-16-24-41(34(43)30(23-25-48-9)40-36(45)47-38(6,7)8)32(29-21-19-27(11-2)20-22-29)33(42)39-31(35(44)46-37(3,4)5)26-28-17-14-13-15-18-28/h13-15,17-22,30-32H,10-12,16,23-26H2,1-9H3,(H,39,42)(H,40,45). The normalized spacial score (nSPS) is 13.5. The molecule has 0 radical (unpaired) electrons. The predicted molar refractivity (Wildman–Crippen MR) is 194 cm³/mol. The summed E-state index contributed by atoms with van der Waals surface area (Å²) in [5.41, 5.74) is 1.02. The highest BCUT2D eigenvalue weighted by atomic mass is 32.2. The Balaban J connectivity index is 2.63. The van der Waals surface area contributed by atoms with Crippen LogP contribution in [0.25, 0.3) is 0 Å². The van der Waals surface area contributed by atoms with Crippen molar-refractivity contribution in [2.75, 3.05) is 18.6 Å². The number of hydrogen-bond donors (Lipinski definition) is 2. The van der Waals surface area contributed by atoms with Gasteiger partial charge in [0, 0.05) is 13.0 Å². The monoisotopic (exact) mass is 683 g/mol. The molecular weight excluding hydrogens is 627 g/mol. The van der Waals surface area contributed by atoms with Gasteiger partial charge in [-0.05, 0) is 89.5 Å². The average molecular weight is 684 g/mol. The summed E-state index contributed by atoms with van der Waals surface area (Å²) >= 11 is 1.56. The van der Waals surface area contributed by atoms with Gasteiger partial charge >= 0.3 is 12.1 Å². The lowest BCUT2D eigenvalue weighted by Crippen LogP contribution is -2.55. The number of nitrogens with zero attached hydrogens (tertiary/aromatic N) is 1. The molecule has 266 valence electrons. The van der Waals surface area contributed by atoms with E-state index in [0.717, 1.165) is 30.4 Å². The molecule has 10 heteroatoms. The van der Waals surface area contributed by atoms with E-state index in [2.05, 4.69) is 17.6 Å². The molecule has 2 N–H and O–H groups in total. The molecule has 0 aromatic heterocycles. The van der Waals surface area contributed by atoms with Crippen molar-refractivity contribution in [2.24, 2.45) is 0 Å². The summed E-state index contributed by atoms with van der Waals surface area (Å²) in [6.07, 6.45) is 5.01. The molecule has 2 rings (SSSR count). The fourth-order valence-corrected chi connectivity index (χ4v) is 5.59. The molecule has 0 bridgehead atoms. The van der Waals surface area contributed by atoms with Crippen LogP contribution < -0.4 is 10.6 Å². The van der Waals surface area contributed by atoms with Gasteiger partial charge in [-0.15, -0.1) is 0 Å². The Labute approximate surface area is 292 Å². The summed E-state index contributed by atoms with van der Waals surface area (Å²) in [6, 6.07) is 14.0. The van der Waals surface area contributed by atoms with Gasteiger partial charge in [0.05, 0.1) is 0 Å². The highest BCUT2D eigenvalue weighted by Gasteiger charge is 2.38. The third-order valence-corrected chi connectivity index (χ3v) is 8.08. The number of alkyl carbamates (subject to hydrolysis) is 1. The van der Waals surface area contributed by atoms with E-state index in [-0.39, 0.29) is 18.9 Å². The first-order valence-corrected chi connectivity index (χ1v) is 18.4. The Bertz CT molecular complexity index is 1300. The second kappa shape index (κ2) is 19.5. The van der Waals surface area contributed by atoms with Crippen molar-refractivity contribution < 1.29 is 28.7 Å². The third-order valence-electron chi connectivity index (χ3n) is 7.44. The van der Waals surface area contributed by atoms with Crippen molar-refractivity contribution in [1.29, 1.82) is 0 Å². The molecule has 0 saturated heterocycles. The van der Waals surface area contributed by atoms with Crippen LogP contribution >= 0.6 is 11.8 Å². The number of nitrogens with one attached hydrogen (secondary N) is 2. The zero-order valence-electron chi connectivity index (χ0n) is 30.4. The van der Waals surface area contributed by atoms with Gasteiger partial charge in [-0.2, -0.15) is 11.8 Å². The number of carbonyl (C=O) groups excluding carboxylic acids is 4. The van der Waals surface area contributed by atoms with Crippen LogP contribution in [0.2, 0.25) is 0 Å². The maximum Gasteiger partial charge on any atom is 0.408 e. The number of carbonyl (C=O) groups is 4. The summed E-state index contributed by atoms with van der Waals surface area (Å²) in [5.74, 6) is -0.845. The molecule has 3 unspecified atom stereocenters. The van der Waals surface area contributed by atoms with Gasteiger partial charge in [-0.3, -0.25) is 9.59 Å². The molecule has 0 saturated carbocycles. The fraction of sp³-hybridized carbons (Fsp3) is 0.579. The van der Waals surface area contributed by atoms with Crippen LogP contribution in [0.3, 0.4) is 0 Å². The molecule has 48 heavy (non-hydrogen) atoms. The van der Waals surface area contributed by atoms with E-state index in [1.807, 2.05) is 67.8 Å². The first-order valence-electron chi connectivity index (χ1n) is 17.0. The Morgan fingerprint density at radius 1 is 0.792 bits per heavy atom. The SMILES string of the molecule is CCCCCN(C(=O)C(CCSC)NC(=O)OC(C)(C)C)C(C(=O)NC(Cc1ccccc1)C(=O)OC(C)(C)C)c1ccc(CC)cc1. The molecular formula is C38H57N3O6S. The number of benzene rings is 2. The number of unbranched alkanes of at least 4 members (excludes halogenated alkanes) is 2. The van der Waals surface area contributed by atoms with Crippen LogP contribution in [0, 0.1) is 0 Å². The van der Waals surface area contributed by atoms with Crippen LogP contribution in [0.15, 0.2) is 54.6 Å². The van der Waals surface area contributed by atoms with Gasteiger partial charge in [-0.1, -0.05) is 81.3 Å². The van der Waals surface area contributed by atoms with E-state index in [1.165, 1.54) is 0 Å². The molecule has 0 aliphatic rings. The van der Waals surface area contributed by atoms with E-state index in [4.69, 9.17) is 9.47 Å². The van der Waals surface area contributed by atoms with Crippen LogP contribution in [0.1, 0.15) is 104 Å². The van der Waals surface area contributed by atoms with Crippen molar-refractivity contribution in [1.82, 2.24) is 15.5 Å². The molecule has 0 fully saturated rings. The summed E-state index contributed by atoms with van der Waals surface area (Å²) in [4.78, 5) is 57.2. The van der Waals surface area contributed by atoms with Crippen molar-refractivity contribution in [3.63, 3.8) is 0 Å². The van der Waals surface area contributed by atoms with Gasteiger partial charge in [0.25, 0.3) is 0 Å². The van der Waals surface area contributed by atoms with E-state index in [9.17, 15) is 19.2 Å². The number of esters is 1. The summed E-state index contributed by atoms with van der Waals surface area (Å²) in [5, 5.41) is 5.76. The molecule has 2 aromatic carbocycles. The Kier molecular flexibility index (Phi) is 16.5. The van der Waals surface area contributed by atoms with Gasteiger partial charge in [0.2, 0.25) is 11.8 Å². The highest BCUT2D eigenvalue weighted by Crippen LogP contribution is 2.26. The second-order valence-corrected chi connectivity index (χ2v) is 15.0. The molecule has 3 atom stereocenters. The van der Waals surface area contributed by atoms with Crippen molar-refractivity contribution in [2.45, 2.75) is 123 Å². The number of thioether (sulfide) groups is 1. The summed E-state index contributed by atoms with van der Waals surface area (Å²) in [6.45, 7) is 15.0. The van der Waals surface area contributed by atoms with Crippen LogP contribution in [-0.4, -0.2) is 70.6 Å². The zero-order chi connectivity index (χ0) is 35.9. The average Bonchev–Trinajstić information content (AvgIpc) is 3.01. The third kappa shape index (κ3) is 14.3. The van der Waals surface area contributed by atoms with E-state index in [0.29, 0.717) is 24.2 Å². The van der Waals surface area contributed by atoms with Gasteiger partial charge in [0.15, 0.2) is 0 Å². The largest absolute Gasteiger partial charge is 0.458 e. The minimum Gasteiger partial charge on any atom is -0.458 e. The molecule has 9 nitrogen and oxygen atoms in total. The van der Waals surface area contributed by atoms with Gasteiger partial charge < -0.3 is 25.0 Å². The number of ether oxygens (including phenoxy) is 2. The van der Waals surface area contributed by atoms with Crippen molar-refractivity contribution in [3.05, 3.63) is 71.3 Å². The number of aryl methyl sites for hydroxylation is 1. The lowest BCUT2D eigenvalue weighted by molar-refractivity contribution is -0.159. The smallest absolute Gasteiger partial charge is 0.408 e. The Morgan fingerprint density at radius 3 is 1.96 bits per heavy atom. The Morgan fingerprint density at radius 2 is 1.42 bits per heavy atom. The molecule has 0 aliphatic carbocycles. The lowest BCUT2D eigenvalue weighted by atomic mass is 9.98. The number of rotatable bonds is 17. The number of hydrogen-bond acceptors (Lipinski definition) is 7. The quantitative estimate of drug-likeness (QED) is 0.136. The zero-order valence-corrected chi connectivity index (χ0v) is 31.2. The number of amides is 3. The van der Waals surface area contributed by atoms with E-state index >= 15 is 0 Å². The Hall–Kier alpha value is -3.53. The summed E-state index contributed by atoms with van der Waals surface area (Å²) in [7, 11) is 0. The van der Waals surface area contributed by atoms with Gasteiger partial charge in [-0.25, -0.2) is 9.59 Å². The maximum absolute atomic E-state index is 14.6. The second-order valence-electron chi connectivity index (χ2n) is 14.0. The predicted octanol–water partition coefficient (Wildman–Crippen LogP) is 7.02. The van der Waals surface area contributed by atoms with Crippen LogP contribution in [0.5, 0.6) is 0 Å². The van der Waals surface area contributed by atoms with Crippen LogP contribution in [-0.2, 0) is 36.7 Å². The summed E-state index contributed by atoms with van der Waals surface area (Å²) < 4.78 is 11.3. The van der Waals surface area contributed by atoms with E-state index in [1.54, 1.807) is 58.2 Å². The first-order chi connectivity index (χ1) is 22.6. The molecule has 0 aliphatic heterocycles. The molecule has 0 heterocycles. The topological polar surface area (TPSA) is 114 Å². The van der Waals surface area contributed by atoms with E-state index < -0.39 is 47.3 Å². The van der Waals surface area contributed by atoms with Crippen LogP contribution in [0.4, 0.5) is 4.79 Å². The highest BCUT2D eigenvalue weighted by molar-refractivity contribution is 7.98. The van der Waals surface area contributed by atoms with Gasteiger partial charge in [0.1, 0.15) is 29.3 Å². The van der Waals surface area contributed by atoms with Crippen molar-refractivity contribution >= 4 is 35.6 Å². The lowest BCUT2D eigenvalue weighted by Gasteiger charge is -2.35. The molecule has 3 amide bonds. The minimum atomic E-state index is -1.07. The molecule has 0 spiro atoms. The van der Waals surface area contributed by atoms with Crippen molar-refractivity contribution in [3.8, 4) is 0 Å². The molecule has 2 aromatic rings.